The summed E-state index contributed by atoms with van der Waals surface area (Å²) in [5.41, 5.74) is 8.08. The fourth-order valence-corrected chi connectivity index (χ4v) is 3.18. The number of aromatic hydroxyl groups is 1. The predicted molar refractivity (Wildman–Crippen MR) is 114 cm³/mol. The van der Waals surface area contributed by atoms with E-state index in [0.29, 0.717) is 19.5 Å². The Labute approximate surface area is 172 Å². The lowest BCUT2D eigenvalue weighted by molar-refractivity contribution is -0.136. The van der Waals surface area contributed by atoms with Crippen LogP contribution >= 0.6 is 0 Å². The highest BCUT2D eigenvalue weighted by atomic mass is 16.3. The minimum absolute atomic E-state index is 0.106. The zero-order valence-electron chi connectivity index (χ0n) is 17.2. The molecule has 0 heterocycles. The second-order valence-electron chi connectivity index (χ2n) is 7.21. The monoisotopic (exact) mass is 397 g/mol. The van der Waals surface area contributed by atoms with Gasteiger partial charge in [0.25, 0.3) is 0 Å². The molecule has 0 bridgehead atoms. The maximum atomic E-state index is 12.7. The summed E-state index contributed by atoms with van der Waals surface area (Å²) in [4.78, 5) is 26.9. The van der Waals surface area contributed by atoms with Crippen LogP contribution in [0.2, 0.25) is 0 Å². The number of nitrogens with zero attached hydrogens (tertiary/aromatic N) is 1. The van der Waals surface area contributed by atoms with Crippen molar-refractivity contribution in [2.75, 3.05) is 13.1 Å². The topological polar surface area (TPSA) is 95.7 Å². The molecule has 6 heteroatoms. The van der Waals surface area contributed by atoms with Crippen LogP contribution in [-0.4, -0.2) is 47.0 Å². The van der Waals surface area contributed by atoms with Gasteiger partial charge in [-0.1, -0.05) is 42.5 Å². The van der Waals surface area contributed by atoms with Crippen molar-refractivity contribution in [2.24, 2.45) is 5.73 Å². The van der Waals surface area contributed by atoms with Gasteiger partial charge in [0.15, 0.2) is 0 Å². The van der Waals surface area contributed by atoms with E-state index in [-0.39, 0.29) is 17.6 Å². The molecule has 0 unspecified atom stereocenters. The van der Waals surface area contributed by atoms with Crippen LogP contribution in [0, 0.1) is 0 Å². The third kappa shape index (κ3) is 7.23. The number of carbonyl (C=O) groups excluding carboxylic acids is 2. The lowest BCUT2D eigenvalue weighted by atomic mass is 10.1. The number of hydrogen-bond acceptors (Lipinski definition) is 4. The minimum Gasteiger partial charge on any atom is -0.508 e. The second kappa shape index (κ2) is 11.2. The van der Waals surface area contributed by atoms with Gasteiger partial charge in [-0.25, -0.2) is 0 Å². The first-order chi connectivity index (χ1) is 13.9. The lowest BCUT2D eigenvalue weighted by Gasteiger charge is -2.26. The van der Waals surface area contributed by atoms with Crippen LogP contribution in [-0.2, 0) is 22.4 Å². The molecule has 0 aliphatic rings. The second-order valence-corrected chi connectivity index (χ2v) is 7.21. The summed E-state index contributed by atoms with van der Waals surface area (Å²) in [7, 11) is 0. The molecular formula is C23H31N3O3. The molecule has 0 aliphatic heterocycles. The van der Waals surface area contributed by atoms with Crippen LogP contribution in [0.25, 0.3) is 0 Å². The van der Waals surface area contributed by atoms with Crippen LogP contribution < -0.4 is 11.1 Å². The van der Waals surface area contributed by atoms with Crippen molar-refractivity contribution in [3.63, 3.8) is 0 Å². The van der Waals surface area contributed by atoms with Gasteiger partial charge in [0, 0.05) is 13.1 Å². The number of carbonyl (C=O) groups is 2. The summed E-state index contributed by atoms with van der Waals surface area (Å²) in [6, 6.07) is 15.3. The molecule has 2 aromatic rings. The summed E-state index contributed by atoms with van der Waals surface area (Å²) in [6.07, 6.45) is 2.11. The van der Waals surface area contributed by atoms with E-state index in [9.17, 15) is 14.7 Å². The molecule has 0 aromatic heterocycles. The molecule has 156 valence electrons. The van der Waals surface area contributed by atoms with Crippen LogP contribution in [0.3, 0.4) is 0 Å². The lowest BCUT2D eigenvalue weighted by Crippen LogP contribution is -2.52. The van der Waals surface area contributed by atoms with Crippen molar-refractivity contribution in [3.8, 4) is 5.75 Å². The number of likely N-dealkylation sites (N-methyl/N-ethyl adjacent to an activating group) is 1. The molecule has 29 heavy (non-hydrogen) atoms. The number of rotatable bonds is 10. The van der Waals surface area contributed by atoms with Gasteiger partial charge in [0.2, 0.25) is 11.8 Å². The number of amides is 2. The van der Waals surface area contributed by atoms with Crippen LogP contribution in [0.4, 0.5) is 0 Å². The largest absolute Gasteiger partial charge is 0.508 e. The average Bonchev–Trinajstić information content (AvgIpc) is 2.73. The normalized spacial score (nSPS) is 12.8. The fourth-order valence-electron chi connectivity index (χ4n) is 3.18. The SMILES string of the molecule is CCN(CCCc1ccccc1)C(=O)[C@@H](C)NC(=O)[C@@H](N)Cc1ccc(O)cc1. The van der Waals surface area contributed by atoms with Crippen LogP contribution in [0.5, 0.6) is 5.75 Å². The first kappa shape index (κ1) is 22.4. The minimum atomic E-state index is -0.761. The molecule has 6 nitrogen and oxygen atoms in total. The molecule has 0 saturated carbocycles. The summed E-state index contributed by atoms with van der Waals surface area (Å²) in [6.45, 7) is 4.86. The molecule has 0 spiro atoms. The number of nitrogens with one attached hydrogen (secondary N) is 1. The standard InChI is InChI=1S/C23H31N3O3/c1-3-26(15-7-10-18-8-5-4-6-9-18)23(29)17(2)25-22(28)21(24)16-19-11-13-20(27)14-12-19/h4-6,8-9,11-14,17,21,27H,3,7,10,15-16,24H2,1-2H3,(H,25,28)/t17-,21+/m1/s1. The number of hydrogen-bond donors (Lipinski definition) is 3. The smallest absolute Gasteiger partial charge is 0.244 e. The average molecular weight is 398 g/mol. The Kier molecular flexibility index (Phi) is 8.68. The molecular weight excluding hydrogens is 366 g/mol. The number of benzene rings is 2. The first-order valence-electron chi connectivity index (χ1n) is 10.1. The fraction of sp³-hybridized carbons (Fsp3) is 0.391. The third-order valence-electron chi connectivity index (χ3n) is 4.89. The van der Waals surface area contributed by atoms with Gasteiger partial charge in [-0.05, 0) is 56.4 Å². The number of phenols is 1. The Hall–Kier alpha value is -2.86. The maximum Gasteiger partial charge on any atom is 0.244 e. The third-order valence-corrected chi connectivity index (χ3v) is 4.89. The Morgan fingerprint density at radius 2 is 1.72 bits per heavy atom. The molecule has 2 rings (SSSR count). The Bertz CT molecular complexity index is 778. The highest BCUT2D eigenvalue weighted by molar-refractivity contribution is 5.89. The molecule has 2 aromatic carbocycles. The molecule has 0 saturated heterocycles. The zero-order valence-corrected chi connectivity index (χ0v) is 17.2. The Balaban J connectivity index is 1.81. The van der Waals surface area contributed by atoms with Crippen molar-refractivity contribution in [2.45, 2.75) is 45.2 Å². The maximum absolute atomic E-state index is 12.7. The first-order valence-corrected chi connectivity index (χ1v) is 10.1. The molecule has 2 atom stereocenters. The van der Waals surface area contributed by atoms with E-state index < -0.39 is 12.1 Å². The highest BCUT2D eigenvalue weighted by Gasteiger charge is 2.23. The van der Waals surface area contributed by atoms with E-state index in [4.69, 9.17) is 5.73 Å². The van der Waals surface area contributed by atoms with Gasteiger partial charge < -0.3 is 21.1 Å². The number of phenolic OH excluding ortho intramolecular Hbond substituents is 1. The summed E-state index contributed by atoms with van der Waals surface area (Å²) in [5, 5.41) is 12.1. The molecule has 0 aliphatic carbocycles. The van der Waals surface area contributed by atoms with E-state index >= 15 is 0 Å². The molecule has 0 fully saturated rings. The summed E-state index contributed by atoms with van der Waals surface area (Å²) in [5.74, 6) is -0.303. The van der Waals surface area contributed by atoms with E-state index in [2.05, 4.69) is 17.4 Å². The van der Waals surface area contributed by atoms with Crippen molar-refractivity contribution >= 4 is 11.8 Å². The predicted octanol–water partition coefficient (Wildman–Crippen LogP) is 2.25. The van der Waals surface area contributed by atoms with Crippen LogP contribution in [0.1, 0.15) is 31.4 Å². The van der Waals surface area contributed by atoms with Gasteiger partial charge in [-0.15, -0.1) is 0 Å². The molecule has 0 radical (unpaired) electrons. The Morgan fingerprint density at radius 3 is 2.34 bits per heavy atom. The number of nitrogens with two attached hydrogens (primary N) is 1. The van der Waals surface area contributed by atoms with E-state index in [1.54, 1.807) is 36.1 Å². The van der Waals surface area contributed by atoms with Crippen LogP contribution in [0.15, 0.2) is 54.6 Å². The van der Waals surface area contributed by atoms with E-state index in [1.807, 2.05) is 25.1 Å². The summed E-state index contributed by atoms with van der Waals surface area (Å²) >= 11 is 0. The van der Waals surface area contributed by atoms with Crippen molar-refractivity contribution in [3.05, 3.63) is 65.7 Å². The van der Waals surface area contributed by atoms with E-state index in [1.165, 1.54) is 5.56 Å². The van der Waals surface area contributed by atoms with Crippen molar-refractivity contribution in [1.82, 2.24) is 10.2 Å². The van der Waals surface area contributed by atoms with Gasteiger partial charge >= 0.3 is 0 Å². The number of aryl methyl sites for hydroxylation is 1. The Morgan fingerprint density at radius 1 is 1.07 bits per heavy atom. The van der Waals surface area contributed by atoms with Crippen molar-refractivity contribution < 1.29 is 14.7 Å². The summed E-state index contributed by atoms with van der Waals surface area (Å²) < 4.78 is 0. The van der Waals surface area contributed by atoms with Gasteiger partial charge in [-0.2, -0.15) is 0 Å². The molecule has 2 amide bonds. The van der Waals surface area contributed by atoms with E-state index in [0.717, 1.165) is 18.4 Å². The van der Waals surface area contributed by atoms with Gasteiger partial charge in [-0.3, -0.25) is 9.59 Å². The van der Waals surface area contributed by atoms with Gasteiger partial charge in [0.05, 0.1) is 6.04 Å². The zero-order chi connectivity index (χ0) is 21.2. The highest BCUT2D eigenvalue weighted by Crippen LogP contribution is 2.11. The quantitative estimate of drug-likeness (QED) is 0.573. The van der Waals surface area contributed by atoms with Gasteiger partial charge in [0.1, 0.15) is 11.8 Å². The van der Waals surface area contributed by atoms with Crippen molar-refractivity contribution in [1.29, 1.82) is 0 Å². The molecule has 4 N–H and O–H groups in total.